The molecule has 0 bridgehead atoms. The number of hydrogen-bond acceptors (Lipinski definition) is 13. The number of oxime groups is 1. The van der Waals surface area contributed by atoms with E-state index in [9.17, 15) is 29.4 Å². The summed E-state index contributed by atoms with van der Waals surface area (Å²) in [5.74, 6) is -4.18. The minimum absolute atomic E-state index is 0.00112. The lowest BCUT2D eigenvalue weighted by Gasteiger charge is -2.50. The number of carbonyl (C=O) groups excluding carboxylic acids is 3. The van der Waals surface area contributed by atoms with Gasteiger partial charge in [0.05, 0.1) is 30.5 Å². The third-order valence-electron chi connectivity index (χ3n) is 7.62. The summed E-state index contributed by atoms with van der Waals surface area (Å²) in [5, 5.41) is 38.3. The van der Waals surface area contributed by atoms with E-state index in [0.29, 0.717) is 17.7 Å². The van der Waals surface area contributed by atoms with Crippen molar-refractivity contribution in [3.63, 3.8) is 0 Å². The number of nitrogen functional groups attached to an aromatic ring is 2. The summed E-state index contributed by atoms with van der Waals surface area (Å²) in [6, 6.07) is 2.63. The minimum atomic E-state index is -1.78. The smallest absolute Gasteiger partial charge is 0.350 e. The van der Waals surface area contributed by atoms with E-state index in [-0.39, 0.29) is 34.7 Å². The second kappa shape index (κ2) is 12.4. The Balaban J connectivity index is 1.20. The first-order valence-corrected chi connectivity index (χ1v) is 16.9. The van der Waals surface area contributed by atoms with Gasteiger partial charge in [-0.1, -0.05) is 5.16 Å². The van der Waals surface area contributed by atoms with Gasteiger partial charge < -0.3 is 36.6 Å². The number of nitrogens with zero attached hydrogens (tertiary/aromatic N) is 6. The Hall–Kier alpha value is -5.21. The predicted molar refractivity (Wildman–Crippen MR) is 173 cm³/mol. The summed E-state index contributed by atoms with van der Waals surface area (Å²) in [7, 11) is 0. The van der Waals surface area contributed by atoms with Crippen LogP contribution >= 0.6 is 34.4 Å². The zero-order valence-corrected chi connectivity index (χ0v) is 27.7. The van der Waals surface area contributed by atoms with E-state index in [1.807, 2.05) is 43.7 Å². The van der Waals surface area contributed by atoms with E-state index in [1.54, 1.807) is 6.20 Å². The van der Waals surface area contributed by atoms with Crippen LogP contribution in [-0.2, 0) is 37.1 Å². The largest absolute Gasteiger partial charge is 0.543 e. The van der Waals surface area contributed by atoms with E-state index in [0.717, 1.165) is 26.8 Å². The monoisotopic (exact) mass is 712 g/mol. The number of amides is 2. The lowest BCUT2D eigenvalue weighted by Crippen LogP contribution is -2.71. The Bertz CT molecular complexity index is 2060. The predicted octanol–water partition coefficient (Wildman–Crippen LogP) is -0.851. The molecule has 2 atom stereocenters. The van der Waals surface area contributed by atoms with Crippen molar-refractivity contribution >= 4 is 80.5 Å². The molecule has 0 aromatic carbocycles. The Morgan fingerprint density at radius 1 is 1.29 bits per heavy atom. The number of fused-ring (bicyclic) bond motifs is 2. The molecule has 2 aliphatic rings. The molecule has 2 amide bonds. The number of rotatable bonds is 12. The van der Waals surface area contributed by atoms with E-state index in [1.165, 1.54) is 42.3 Å². The highest BCUT2D eigenvalue weighted by atomic mass is 32.2. The molecule has 48 heavy (non-hydrogen) atoms. The fraction of sp³-hybridized carbons (Fsp3) is 0.286. The highest BCUT2D eigenvalue weighted by molar-refractivity contribution is 8.00. The molecule has 20 heteroatoms. The van der Waals surface area contributed by atoms with Crippen molar-refractivity contribution in [3.8, 4) is 0 Å². The van der Waals surface area contributed by atoms with Gasteiger partial charge >= 0.3 is 11.6 Å². The lowest BCUT2D eigenvalue weighted by molar-refractivity contribution is -0.661. The van der Waals surface area contributed by atoms with Crippen LogP contribution in [-0.4, -0.2) is 82.3 Å². The molecule has 17 nitrogen and oxygen atoms in total. The van der Waals surface area contributed by atoms with Crippen LogP contribution in [0.25, 0.3) is 5.65 Å². The maximum atomic E-state index is 13.4. The zero-order chi connectivity index (χ0) is 34.5. The number of thiophene rings is 1. The fourth-order valence-corrected chi connectivity index (χ4v) is 7.84. The van der Waals surface area contributed by atoms with Crippen molar-refractivity contribution in [1.82, 2.24) is 24.4 Å². The number of nitrogens with two attached hydrogens (primary N) is 2. The molecule has 0 spiro atoms. The highest BCUT2D eigenvalue weighted by Gasteiger charge is 2.53. The quantitative estimate of drug-likeness (QED) is 0.0398. The van der Waals surface area contributed by atoms with Crippen LogP contribution < -0.4 is 26.5 Å². The molecule has 0 unspecified atom stereocenters. The molecular weight excluding hydrogens is 685 g/mol. The van der Waals surface area contributed by atoms with E-state index in [4.69, 9.17) is 21.7 Å². The van der Waals surface area contributed by atoms with Gasteiger partial charge in [-0.25, -0.2) is 19.0 Å². The Labute approximate surface area is 283 Å². The number of hydrogen-bond donors (Lipinski definition) is 5. The molecule has 0 saturated carbocycles. The van der Waals surface area contributed by atoms with Crippen molar-refractivity contribution < 1.29 is 38.8 Å². The lowest BCUT2D eigenvalue weighted by atomic mass is 10.0. The summed E-state index contributed by atoms with van der Waals surface area (Å²) < 4.78 is 5.67. The van der Waals surface area contributed by atoms with Crippen molar-refractivity contribution in [2.75, 3.05) is 11.5 Å². The molecule has 4 aromatic heterocycles. The summed E-state index contributed by atoms with van der Waals surface area (Å²) >= 11 is 3.78. The zero-order valence-electron chi connectivity index (χ0n) is 25.3. The Morgan fingerprint density at radius 2 is 2.06 bits per heavy atom. The molecule has 6 rings (SSSR count). The average Bonchev–Trinajstić information content (AvgIpc) is 3.83. The van der Waals surface area contributed by atoms with Crippen LogP contribution in [0.3, 0.4) is 0 Å². The van der Waals surface area contributed by atoms with Gasteiger partial charge in [-0.2, -0.15) is 0 Å². The van der Waals surface area contributed by atoms with Crippen LogP contribution in [0, 0.1) is 5.41 Å². The first kappa shape index (κ1) is 32.7. The number of thiazole rings is 1. The van der Waals surface area contributed by atoms with Crippen LogP contribution in [0.2, 0.25) is 0 Å². The topological polar surface area (TPSA) is 250 Å². The average molecular weight is 713 g/mol. The number of amidine groups is 1. The summed E-state index contributed by atoms with van der Waals surface area (Å²) in [6.07, 6.45) is 5.53. The molecule has 7 N–H and O–H groups in total. The third kappa shape index (κ3) is 6.00. The van der Waals surface area contributed by atoms with Crippen molar-refractivity contribution in [3.05, 3.63) is 68.9 Å². The van der Waals surface area contributed by atoms with E-state index < -0.39 is 46.5 Å². The first-order chi connectivity index (χ1) is 22.7. The number of β-lactam (4-membered cyclic amide) rings is 1. The number of nitrogens with one attached hydrogen (secondary N) is 2. The molecular formula is C28H28N10O7S3. The fourth-order valence-electron chi connectivity index (χ4n) is 5.08. The third-order valence-corrected chi connectivity index (χ3v) is 10.6. The van der Waals surface area contributed by atoms with Gasteiger partial charge in [0, 0.05) is 27.0 Å². The molecule has 1 saturated heterocycles. The van der Waals surface area contributed by atoms with Crippen LogP contribution in [0.5, 0.6) is 0 Å². The molecule has 1 fully saturated rings. The minimum Gasteiger partial charge on any atom is -0.543 e. The van der Waals surface area contributed by atoms with Gasteiger partial charge in [0.2, 0.25) is 5.60 Å². The molecule has 250 valence electrons. The molecule has 0 radical (unpaired) electrons. The van der Waals surface area contributed by atoms with Gasteiger partial charge in [-0.05, 0) is 25.5 Å². The Kier molecular flexibility index (Phi) is 8.47. The number of anilines is 1. The molecule has 6 heterocycles. The maximum Gasteiger partial charge on any atom is 0.350 e. The summed E-state index contributed by atoms with van der Waals surface area (Å²) in [4.78, 5) is 61.8. The number of aromatic nitrogens is 4. The molecule has 2 aliphatic heterocycles. The molecule has 4 aromatic rings. The number of carboxylic acid groups (broad SMARTS) is 2. The van der Waals surface area contributed by atoms with Gasteiger partial charge in [0.1, 0.15) is 35.7 Å². The van der Waals surface area contributed by atoms with Crippen LogP contribution in [0.1, 0.15) is 30.0 Å². The van der Waals surface area contributed by atoms with Crippen LogP contribution in [0.15, 0.2) is 57.9 Å². The second-order valence-electron chi connectivity index (χ2n) is 11.3. The second-order valence-corrected chi connectivity index (χ2v) is 14.3. The van der Waals surface area contributed by atoms with E-state index in [2.05, 4.69) is 15.5 Å². The first-order valence-electron chi connectivity index (χ1n) is 14.1. The number of carbonyl (C=O) groups is 4. The maximum absolute atomic E-state index is 13.4. The van der Waals surface area contributed by atoms with E-state index >= 15 is 0 Å². The van der Waals surface area contributed by atoms with Gasteiger partial charge in [-0.15, -0.1) is 39.0 Å². The standard InChI is InChI=1S/C28H28N10O7S3/c1-28(2,26(43)44)45-34-18(16-12-48-27(31)32-16)22(39)33-19-23(40)38-20(25(41)42)14(11-47-24(19)38)8-36-4-3-17-35(5-6-37(17)36)9-15-7-13(10-46-15)21(29)30/h3-7,10,12,19,24H,8-9,11H2,1-2H3,(H7-,29,30,31,32,33,39,41,42,43,44)/b34-18-/t19-,24-/m1/s1. The molecule has 0 aliphatic carbocycles. The normalized spacial score (nSPS) is 18.1. The Morgan fingerprint density at radius 3 is 2.71 bits per heavy atom. The number of imidazole rings is 1. The number of carboxylic acids is 2. The summed E-state index contributed by atoms with van der Waals surface area (Å²) in [6.45, 7) is 3.18. The SMILES string of the molecule is CC(C)(O/N=C(\C(=O)N[C@@H]1C(=O)N2C(C(=O)[O-])=C(Cn3ccc4n3cc[n+]4Cc3cc(C(=N)N)cs3)CS[C@H]12)c1csc(N)n1)C(=O)O. The van der Waals surface area contributed by atoms with Crippen LogP contribution in [0.4, 0.5) is 5.13 Å². The van der Waals surface area contributed by atoms with Gasteiger partial charge in [0.15, 0.2) is 17.0 Å². The van der Waals surface area contributed by atoms with Gasteiger partial charge in [-0.3, -0.25) is 19.9 Å². The highest BCUT2D eigenvalue weighted by Crippen LogP contribution is 2.40. The van der Waals surface area contributed by atoms with Crippen molar-refractivity contribution in [2.45, 2.75) is 44.0 Å². The number of thioether (sulfide) groups is 1. The van der Waals surface area contributed by atoms with Gasteiger partial charge in [0.25, 0.3) is 11.8 Å². The summed E-state index contributed by atoms with van der Waals surface area (Å²) in [5.41, 5.74) is 10.8. The number of aliphatic carboxylic acids is 2. The van der Waals surface area contributed by atoms with Crippen molar-refractivity contribution in [2.24, 2.45) is 10.9 Å². The van der Waals surface area contributed by atoms with Crippen molar-refractivity contribution in [1.29, 1.82) is 5.41 Å².